The number of aliphatic hydroxyl groups excluding tert-OH is 1. The highest BCUT2D eigenvalue weighted by atomic mass is 32.1. The van der Waals surface area contributed by atoms with Gasteiger partial charge in [0.25, 0.3) is 5.91 Å². The number of hydrogen-bond acceptors (Lipinski definition) is 7. The van der Waals surface area contributed by atoms with E-state index in [2.05, 4.69) is 26.7 Å². The second kappa shape index (κ2) is 8.43. The third kappa shape index (κ3) is 5.19. The maximum atomic E-state index is 12.2. The van der Waals surface area contributed by atoms with E-state index in [9.17, 15) is 9.90 Å². The lowest BCUT2D eigenvalue weighted by Crippen LogP contribution is -2.36. The van der Waals surface area contributed by atoms with Crippen LogP contribution in [-0.4, -0.2) is 38.3 Å². The summed E-state index contributed by atoms with van der Waals surface area (Å²) in [7, 11) is 0. The Morgan fingerprint density at radius 2 is 2.21 bits per heavy atom. The number of carbonyl (C=O) groups is 1. The van der Waals surface area contributed by atoms with Crippen LogP contribution in [-0.2, 0) is 5.54 Å². The molecule has 3 N–H and O–H groups in total. The SMILES string of the molecule is CC(C)(C)n1cnc(C(=O)NCC(O)Nc2nc(-c3cccc(C#N)c3)cs2)c1. The van der Waals surface area contributed by atoms with Gasteiger partial charge in [-0.3, -0.25) is 4.79 Å². The van der Waals surface area contributed by atoms with Crippen molar-refractivity contribution in [2.75, 3.05) is 11.9 Å². The average molecular weight is 411 g/mol. The molecule has 1 atom stereocenters. The van der Waals surface area contributed by atoms with E-state index < -0.39 is 6.23 Å². The number of aromatic nitrogens is 3. The van der Waals surface area contributed by atoms with Crippen LogP contribution in [0.15, 0.2) is 42.2 Å². The minimum atomic E-state index is -1.01. The molecule has 150 valence electrons. The van der Waals surface area contributed by atoms with Crippen molar-refractivity contribution in [3.63, 3.8) is 0 Å². The van der Waals surface area contributed by atoms with Crippen molar-refractivity contribution in [1.82, 2.24) is 19.9 Å². The summed E-state index contributed by atoms with van der Waals surface area (Å²) in [5.41, 5.74) is 2.22. The molecule has 1 aromatic carbocycles. The van der Waals surface area contributed by atoms with E-state index in [0.29, 0.717) is 22.1 Å². The summed E-state index contributed by atoms with van der Waals surface area (Å²) in [6, 6.07) is 9.25. The number of hydrogen-bond donors (Lipinski definition) is 3. The van der Waals surface area contributed by atoms with Crippen molar-refractivity contribution in [3.05, 3.63) is 53.4 Å². The molecule has 9 heteroatoms. The third-order valence-electron chi connectivity index (χ3n) is 4.13. The van der Waals surface area contributed by atoms with Gasteiger partial charge in [0.1, 0.15) is 11.9 Å². The number of anilines is 1. The number of carbonyl (C=O) groups excluding carboxylic acids is 1. The Morgan fingerprint density at radius 1 is 1.41 bits per heavy atom. The molecule has 0 bridgehead atoms. The smallest absolute Gasteiger partial charge is 0.271 e. The minimum absolute atomic E-state index is 0.0000417. The van der Waals surface area contributed by atoms with E-state index in [4.69, 9.17) is 5.26 Å². The predicted molar refractivity (Wildman–Crippen MR) is 111 cm³/mol. The molecule has 29 heavy (non-hydrogen) atoms. The Balaban J connectivity index is 1.55. The van der Waals surface area contributed by atoms with Crippen LogP contribution in [0.4, 0.5) is 5.13 Å². The van der Waals surface area contributed by atoms with Crippen molar-refractivity contribution in [2.24, 2.45) is 0 Å². The average Bonchev–Trinajstić information content (AvgIpc) is 3.36. The van der Waals surface area contributed by atoms with E-state index in [0.717, 1.165) is 5.56 Å². The quantitative estimate of drug-likeness (QED) is 0.538. The molecular weight excluding hydrogens is 388 g/mol. The maximum absolute atomic E-state index is 12.2. The molecule has 1 amide bonds. The number of rotatable bonds is 6. The zero-order chi connectivity index (χ0) is 21.0. The van der Waals surface area contributed by atoms with Crippen molar-refractivity contribution >= 4 is 22.4 Å². The molecule has 0 fully saturated rings. The standard InChI is InChI=1S/C20H22N6O2S/c1-20(2,3)26-10-15(23-12-26)18(28)22-9-17(27)25-19-24-16(11-29-19)14-6-4-5-13(7-14)8-21/h4-7,10-12,17,27H,9H2,1-3H3,(H,22,28)(H,24,25). The Bertz CT molecular complexity index is 1040. The molecule has 8 nitrogen and oxygen atoms in total. The number of amides is 1. The van der Waals surface area contributed by atoms with Gasteiger partial charge in [0.15, 0.2) is 5.13 Å². The van der Waals surface area contributed by atoms with Crippen molar-refractivity contribution < 1.29 is 9.90 Å². The van der Waals surface area contributed by atoms with Crippen molar-refractivity contribution in [3.8, 4) is 17.3 Å². The molecule has 1 unspecified atom stereocenters. The first kappa shape index (κ1) is 20.5. The third-order valence-corrected chi connectivity index (χ3v) is 4.90. The van der Waals surface area contributed by atoms with Gasteiger partial charge in [-0.25, -0.2) is 9.97 Å². The van der Waals surface area contributed by atoms with Crippen LogP contribution >= 0.6 is 11.3 Å². The number of benzene rings is 1. The van der Waals surface area contributed by atoms with Crippen LogP contribution in [0.1, 0.15) is 36.8 Å². The highest BCUT2D eigenvalue weighted by Gasteiger charge is 2.17. The fourth-order valence-electron chi connectivity index (χ4n) is 2.50. The van der Waals surface area contributed by atoms with Gasteiger partial charge in [-0.05, 0) is 32.9 Å². The topological polar surface area (TPSA) is 116 Å². The number of aliphatic hydroxyl groups is 1. The first-order valence-corrected chi connectivity index (χ1v) is 9.87. The fourth-order valence-corrected chi connectivity index (χ4v) is 3.27. The van der Waals surface area contributed by atoms with Crippen LogP contribution in [0.25, 0.3) is 11.3 Å². The van der Waals surface area contributed by atoms with Gasteiger partial charge in [0.05, 0.1) is 30.2 Å². The molecule has 0 aliphatic rings. The summed E-state index contributed by atoms with van der Waals surface area (Å²) in [6.07, 6.45) is 2.28. The van der Waals surface area contributed by atoms with Gasteiger partial charge in [-0.15, -0.1) is 11.3 Å². The summed E-state index contributed by atoms with van der Waals surface area (Å²) in [5, 5.41) is 27.0. The van der Waals surface area contributed by atoms with Gasteiger partial charge >= 0.3 is 0 Å². The zero-order valence-corrected chi connectivity index (χ0v) is 17.2. The minimum Gasteiger partial charge on any atom is -0.372 e. The Morgan fingerprint density at radius 3 is 2.90 bits per heavy atom. The predicted octanol–water partition coefficient (Wildman–Crippen LogP) is 2.79. The summed E-state index contributed by atoms with van der Waals surface area (Å²) >= 11 is 1.33. The van der Waals surface area contributed by atoms with E-state index >= 15 is 0 Å². The van der Waals surface area contributed by atoms with E-state index in [1.165, 1.54) is 11.3 Å². The van der Waals surface area contributed by atoms with Crippen molar-refractivity contribution in [2.45, 2.75) is 32.5 Å². The van der Waals surface area contributed by atoms with E-state index in [-0.39, 0.29) is 18.0 Å². The molecule has 2 aromatic heterocycles. The molecule has 0 saturated carbocycles. The summed E-state index contributed by atoms with van der Waals surface area (Å²) in [5.74, 6) is -0.359. The van der Waals surface area contributed by atoms with Gasteiger partial charge in [-0.2, -0.15) is 5.26 Å². The molecule has 0 spiro atoms. The lowest BCUT2D eigenvalue weighted by molar-refractivity contribution is 0.0922. The molecule has 0 radical (unpaired) electrons. The maximum Gasteiger partial charge on any atom is 0.271 e. The largest absolute Gasteiger partial charge is 0.372 e. The number of nitrogens with one attached hydrogen (secondary N) is 2. The summed E-state index contributed by atoms with van der Waals surface area (Å²) in [6.45, 7) is 6.05. The molecule has 0 saturated heterocycles. The second-order valence-electron chi connectivity index (χ2n) is 7.44. The lowest BCUT2D eigenvalue weighted by atomic mass is 10.1. The summed E-state index contributed by atoms with van der Waals surface area (Å²) in [4.78, 5) is 20.8. The van der Waals surface area contributed by atoms with Crippen LogP contribution in [0.5, 0.6) is 0 Å². The first-order chi connectivity index (χ1) is 13.8. The Hall–Kier alpha value is -3.22. The molecule has 0 aliphatic heterocycles. The van der Waals surface area contributed by atoms with Crippen LogP contribution in [0, 0.1) is 11.3 Å². The van der Waals surface area contributed by atoms with Gasteiger partial charge in [-0.1, -0.05) is 12.1 Å². The fraction of sp³-hybridized carbons (Fsp3) is 0.300. The summed E-state index contributed by atoms with van der Waals surface area (Å²) < 4.78 is 1.86. The van der Waals surface area contributed by atoms with Gasteiger partial charge in [0, 0.05) is 22.7 Å². The van der Waals surface area contributed by atoms with Crippen LogP contribution < -0.4 is 10.6 Å². The highest BCUT2D eigenvalue weighted by Crippen LogP contribution is 2.25. The molecular formula is C20H22N6O2S. The Labute approximate surface area is 172 Å². The van der Waals surface area contributed by atoms with Gasteiger partial charge in [0.2, 0.25) is 0 Å². The van der Waals surface area contributed by atoms with Crippen LogP contribution in [0.2, 0.25) is 0 Å². The first-order valence-electron chi connectivity index (χ1n) is 8.99. The van der Waals surface area contributed by atoms with Gasteiger partial charge < -0.3 is 20.3 Å². The number of imidazole rings is 1. The zero-order valence-electron chi connectivity index (χ0n) is 16.4. The second-order valence-corrected chi connectivity index (χ2v) is 8.30. The Kier molecular flexibility index (Phi) is 5.96. The number of nitriles is 1. The lowest BCUT2D eigenvalue weighted by Gasteiger charge is -2.19. The van der Waals surface area contributed by atoms with Crippen molar-refractivity contribution in [1.29, 1.82) is 5.26 Å². The number of nitrogens with zero attached hydrogens (tertiary/aromatic N) is 4. The van der Waals surface area contributed by atoms with E-state index in [1.54, 1.807) is 30.7 Å². The monoisotopic (exact) mass is 410 g/mol. The van der Waals surface area contributed by atoms with Crippen LogP contribution in [0.3, 0.4) is 0 Å². The molecule has 3 aromatic rings. The number of thiazole rings is 1. The molecule has 2 heterocycles. The highest BCUT2D eigenvalue weighted by molar-refractivity contribution is 7.14. The normalized spacial score (nSPS) is 12.2. The molecule has 0 aliphatic carbocycles. The molecule has 3 rings (SSSR count). The van der Waals surface area contributed by atoms with E-state index in [1.807, 2.05) is 36.8 Å².